The van der Waals surface area contributed by atoms with Gasteiger partial charge in [-0.05, 0) is 24.7 Å². The largest absolute Gasteiger partial charge is 0.309 e. The van der Waals surface area contributed by atoms with Crippen LogP contribution in [0.3, 0.4) is 0 Å². The van der Waals surface area contributed by atoms with E-state index in [9.17, 15) is 8.78 Å². The monoisotopic (exact) mass is 284 g/mol. The number of nitrogens with one attached hydrogen (secondary N) is 1. The fourth-order valence-electron chi connectivity index (χ4n) is 2.57. The van der Waals surface area contributed by atoms with Gasteiger partial charge in [-0.3, -0.25) is 4.98 Å². The van der Waals surface area contributed by atoms with Crippen LogP contribution in [0.4, 0.5) is 8.78 Å². The summed E-state index contributed by atoms with van der Waals surface area (Å²) in [7, 11) is 1.75. The Morgan fingerprint density at radius 3 is 2.57 bits per heavy atom. The normalized spacial score (nSPS) is 12.5. The first-order valence-electron chi connectivity index (χ1n) is 6.66. The summed E-state index contributed by atoms with van der Waals surface area (Å²) in [6.07, 6.45) is 1.71. The van der Waals surface area contributed by atoms with Crippen LogP contribution < -0.4 is 5.32 Å². The van der Waals surface area contributed by atoms with Gasteiger partial charge >= 0.3 is 0 Å². The lowest BCUT2D eigenvalue weighted by Crippen LogP contribution is -2.19. The number of halogens is 2. The highest BCUT2D eigenvalue weighted by Crippen LogP contribution is 2.29. The lowest BCUT2D eigenvalue weighted by Gasteiger charge is -2.19. The van der Waals surface area contributed by atoms with Crippen LogP contribution in [-0.2, 0) is 0 Å². The first-order chi connectivity index (χ1) is 10.2. The summed E-state index contributed by atoms with van der Waals surface area (Å²) in [5.41, 5.74) is 2.07. The van der Waals surface area contributed by atoms with Gasteiger partial charge in [0, 0.05) is 23.2 Å². The van der Waals surface area contributed by atoms with Crippen molar-refractivity contribution in [2.45, 2.75) is 6.04 Å². The molecular weight excluding hydrogens is 270 g/mol. The molecule has 0 aliphatic rings. The number of hydrogen-bond acceptors (Lipinski definition) is 2. The molecule has 106 valence electrons. The van der Waals surface area contributed by atoms with Gasteiger partial charge in [0.05, 0.1) is 11.6 Å². The van der Waals surface area contributed by atoms with E-state index in [1.54, 1.807) is 13.2 Å². The molecule has 0 spiro atoms. The van der Waals surface area contributed by atoms with Crippen molar-refractivity contribution in [1.29, 1.82) is 0 Å². The fourth-order valence-corrected chi connectivity index (χ4v) is 2.57. The van der Waals surface area contributed by atoms with E-state index in [1.807, 2.05) is 30.3 Å². The summed E-state index contributed by atoms with van der Waals surface area (Å²) in [5, 5.41) is 4.07. The molecule has 1 unspecified atom stereocenters. The number of benzene rings is 2. The molecule has 1 atom stereocenters. The molecule has 0 saturated carbocycles. The molecule has 0 aliphatic heterocycles. The molecule has 2 nitrogen and oxygen atoms in total. The minimum Gasteiger partial charge on any atom is -0.309 e. The predicted octanol–water partition coefficient (Wildman–Crippen LogP) is 3.82. The summed E-state index contributed by atoms with van der Waals surface area (Å²) in [5.74, 6) is -1.15. The van der Waals surface area contributed by atoms with Gasteiger partial charge in [0.15, 0.2) is 0 Å². The number of fused-ring (bicyclic) bond motifs is 1. The van der Waals surface area contributed by atoms with Gasteiger partial charge in [-0.1, -0.05) is 30.3 Å². The van der Waals surface area contributed by atoms with Crippen LogP contribution in [-0.4, -0.2) is 12.0 Å². The average molecular weight is 284 g/mol. The van der Waals surface area contributed by atoms with Gasteiger partial charge in [0.1, 0.15) is 11.6 Å². The fraction of sp³-hybridized carbons (Fsp3) is 0.118. The summed E-state index contributed by atoms with van der Waals surface area (Å²) in [6, 6.07) is 12.8. The highest BCUT2D eigenvalue weighted by Gasteiger charge is 2.19. The number of rotatable bonds is 3. The lowest BCUT2D eigenvalue weighted by atomic mass is 9.96. The van der Waals surface area contributed by atoms with E-state index in [0.29, 0.717) is 5.56 Å². The zero-order valence-electron chi connectivity index (χ0n) is 11.5. The van der Waals surface area contributed by atoms with E-state index in [0.717, 1.165) is 22.5 Å². The Kier molecular flexibility index (Phi) is 3.62. The minimum absolute atomic E-state index is 0.385. The number of nitrogens with zero attached hydrogens (tertiary/aromatic N) is 1. The van der Waals surface area contributed by atoms with Crippen molar-refractivity contribution in [3.8, 4) is 0 Å². The van der Waals surface area contributed by atoms with E-state index < -0.39 is 11.6 Å². The third-order valence-corrected chi connectivity index (χ3v) is 3.54. The zero-order valence-corrected chi connectivity index (χ0v) is 11.5. The SMILES string of the molecule is CNC(c1ccc(F)cc1F)c1cccc2cccnc12. The molecule has 3 rings (SSSR count). The maximum absolute atomic E-state index is 14.1. The van der Waals surface area contributed by atoms with E-state index >= 15 is 0 Å². The van der Waals surface area contributed by atoms with Crippen molar-refractivity contribution in [1.82, 2.24) is 10.3 Å². The zero-order chi connectivity index (χ0) is 14.8. The van der Waals surface area contributed by atoms with Gasteiger partial charge in [0.2, 0.25) is 0 Å². The van der Waals surface area contributed by atoms with Crippen molar-refractivity contribution < 1.29 is 8.78 Å². The Bertz CT molecular complexity index is 781. The molecular formula is C17H14F2N2. The minimum atomic E-state index is -0.581. The van der Waals surface area contributed by atoms with Crippen molar-refractivity contribution in [3.63, 3.8) is 0 Å². The molecule has 0 saturated heterocycles. The van der Waals surface area contributed by atoms with Crippen molar-refractivity contribution >= 4 is 10.9 Å². The molecule has 3 aromatic rings. The number of pyridine rings is 1. The molecule has 21 heavy (non-hydrogen) atoms. The maximum atomic E-state index is 14.1. The van der Waals surface area contributed by atoms with Crippen molar-refractivity contribution in [2.75, 3.05) is 7.05 Å². The lowest BCUT2D eigenvalue weighted by molar-refractivity contribution is 0.552. The van der Waals surface area contributed by atoms with Crippen molar-refractivity contribution in [2.24, 2.45) is 0 Å². The van der Waals surface area contributed by atoms with Crippen LogP contribution in [0, 0.1) is 11.6 Å². The molecule has 1 heterocycles. The Hall–Kier alpha value is -2.33. The van der Waals surface area contributed by atoms with E-state index in [1.165, 1.54) is 12.1 Å². The van der Waals surface area contributed by atoms with Gasteiger partial charge in [-0.15, -0.1) is 0 Å². The van der Waals surface area contributed by atoms with Gasteiger partial charge in [0.25, 0.3) is 0 Å². The third kappa shape index (κ3) is 2.50. The van der Waals surface area contributed by atoms with Gasteiger partial charge in [-0.25, -0.2) is 8.78 Å². The summed E-state index contributed by atoms with van der Waals surface area (Å²) >= 11 is 0. The summed E-state index contributed by atoms with van der Waals surface area (Å²) in [4.78, 5) is 4.39. The maximum Gasteiger partial charge on any atom is 0.131 e. The molecule has 1 N–H and O–H groups in total. The van der Waals surface area contributed by atoms with Gasteiger partial charge in [-0.2, -0.15) is 0 Å². The molecule has 0 fully saturated rings. The summed E-state index contributed by atoms with van der Waals surface area (Å²) in [6.45, 7) is 0. The second kappa shape index (κ2) is 5.58. The van der Waals surface area contributed by atoms with E-state index in [4.69, 9.17) is 0 Å². The molecule has 4 heteroatoms. The van der Waals surface area contributed by atoms with Crippen LogP contribution >= 0.6 is 0 Å². The first-order valence-corrected chi connectivity index (χ1v) is 6.66. The average Bonchev–Trinajstić information content (AvgIpc) is 2.50. The van der Waals surface area contributed by atoms with Gasteiger partial charge < -0.3 is 5.32 Å². The highest BCUT2D eigenvalue weighted by molar-refractivity contribution is 5.82. The number of para-hydroxylation sites is 1. The first kappa shape index (κ1) is 13.6. The van der Waals surface area contributed by atoms with Crippen LogP contribution in [0.5, 0.6) is 0 Å². The Labute approximate surface area is 121 Å². The van der Waals surface area contributed by atoms with Crippen LogP contribution in [0.1, 0.15) is 17.2 Å². The van der Waals surface area contributed by atoms with E-state index in [2.05, 4.69) is 10.3 Å². The van der Waals surface area contributed by atoms with Crippen LogP contribution in [0.2, 0.25) is 0 Å². The molecule has 0 aliphatic carbocycles. The summed E-state index contributed by atoms with van der Waals surface area (Å²) < 4.78 is 27.2. The number of aromatic nitrogens is 1. The van der Waals surface area contributed by atoms with Crippen LogP contribution in [0.15, 0.2) is 54.7 Å². The van der Waals surface area contributed by atoms with Crippen molar-refractivity contribution in [3.05, 3.63) is 77.5 Å². The quantitative estimate of drug-likeness (QED) is 0.791. The Balaban J connectivity index is 2.18. The molecule has 1 aromatic heterocycles. The standard InChI is InChI=1S/C17H14F2N2/c1-20-17(13-8-7-12(18)10-15(13)19)14-6-2-4-11-5-3-9-21-16(11)14/h2-10,17,20H,1H3. The predicted molar refractivity (Wildman–Crippen MR) is 79.0 cm³/mol. The second-order valence-electron chi connectivity index (χ2n) is 4.81. The second-order valence-corrected chi connectivity index (χ2v) is 4.81. The molecule has 0 radical (unpaired) electrons. The van der Waals surface area contributed by atoms with E-state index in [-0.39, 0.29) is 6.04 Å². The smallest absolute Gasteiger partial charge is 0.131 e. The molecule has 0 amide bonds. The Morgan fingerprint density at radius 2 is 1.81 bits per heavy atom. The Morgan fingerprint density at radius 1 is 1.00 bits per heavy atom. The highest BCUT2D eigenvalue weighted by atomic mass is 19.1. The number of hydrogen-bond donors (Lipinski definition) is 1. The molecule has 2 aromatic carbocycles. The third-order valence-electron chi connectivity index (χ3n) is 3.54. The van der Waals surface area contributed by atoms with Crippen LogP contribution in [0.25, 0.3) is 10.9 Å². The topological polar surface area (TPSA) is 24.9 Å². The molecule has 0 bridgehead atoms.